The highest BCUT2D eigenvalue weighted by atomic mass is 79.9. The van der Waals surface area contributed by atoms with Crippen molar-refractivity contribution in [2.75, 3.05) is 0 Å². The van der Waals surface area contributed by atoms with Gasteiger partial charge in [-0.25, -0.2) is 9.18 Å². The SMILES string of the molecule is O=C(NC1CCc2c1ccc(F)c2Br)OCc1ccccc1. The van der Waals surface area contributed by atoms with E-state index in [4.69, 9.17) is 4.74 Å². The molecular weight excluding hydrogens is 349 g/mol. The van der Waals surface area contributed by atoms with Crippen LogP contribution in [0.25, 0.3) is 0 Å². The fourth-order valence-corrected chi connectivity index (χ4v) is 3.25. The van der Waals surface area contributed by atoms with E-state index in [0.29, 0.717) is 4.47 Å². The van der Waals surface area contributed by atoms with E-state index >= 15 is 0 Å². The fraction of sp³-hybridized carbons (Fsp3) is 0.235. The number of alkyl carbamates (subject to hydrolysis) is 1. The van der Waals surface area contributed by atoms with E-state index in [1.54, 1.807) is 6.07 Å². The minimum atomic E-state index is -0.456. The molecule has 0 heterocycles. The van der Waals surface area contributed by atoms with Gasteiger partial charge in [0, 0.05) is 0 Å². The summed E-state index contributed by atoms with van der Waals surface area (Å²) in [6.45, 7) is 0.235. The highest BCUT2D eigenvalue weighted by Gasteiger charge is 2.27. The summed E-state index contributed by atoms with van der Waals surface area (Å²) in [5, 5.41) is 2.85. The molecule has 1 aliphatic carbocycles. The molecule has 2 aromatic carbocycles. The van der Waals surface area contributed by atoms with Crippen molar-refractivity contribution < 1.29 is 13.9 Å². The van der Waals surface area contributed by atoms with E-state index in [-0.39, 0.29) is 18.5 Å². The van der Waals surface area contributed by atoms with E-state index < -0.39 is 6.09 Å². The number of benzene rings is 2. The first-order valence-corrected chi connectivity index (χ1v) is 7.88. The summed E-state index contributed by atoms with van der Waals surface area (Å²) in [5.74, 6) is -0.272. The molecule has 2 aromatic rings. The van der Waals surface area contributed by atoms with E-state index in [1.165, 1.54) is 6.07 Å². The number of halogens is 2. The second-order valence-electron chi connectivity index (χ2n) is 5.23. The van der Waals surface area contributed by atoms with Gasteiger partial charge < -0.3 is 10.1 Å². The first-order chi connectivity index (χ1) is 10.6. The lowest BCUT2D eigenvalue weighted by molar-refractivity contribution is 0.135. The number of carbonyl (C=O) groups is 1. The van der Waals surface area contributed by atoms with E-state index in [1.807, 2.05) is 30.3 Å². The van der Waals surface area contributed by atoms with Crippen LogP contribution >= 0.6 is 15.9 Å². The molecule has 0 spiro atoms. The average molecular weight is 364 g/mol. The number of hydrogen-bond donors (Lipinski definition) is 1. The first kappa shape index (κ1) is 15.0. The normalized spacial score (nSPS) is 16.2. The van der Waals surface area contributed by atoms with Crippen molar-refractivity contribution in [3.8, 4) is 0 Å². The van der Waals surface area contributed by atoms with Gasteiger partial charge >= 0.3 is 6.09 Å². The molecular formula is C17H15BrFNO2. The van der Waals surface area contributed by atoms with E-state index in [0.717, 1.165) is 29.5 Å². The molecule has 3 rings (SSSR count). The van der Waals surface area contributed by atoms with E-state index in [2.05, 4.69) is 21.2 Å². The molecule has 3 nitrogen and oxygen atoms in total. The minimum Gasteiger partial charge on any atom is -0.445 e. The zero-order valence-corrected chi connectivity index (χ0v) is 13.4. The Morgan fingerprint density at radius 1 is 1.27 bits per heavy atom. The molecule has 0 radical (unpaired) electrons. The zero-order valence-electron chi connectivity index (χ0n) is 11.8. The van der Waals surface area contributed by atoms with Crippen molar-refractivity contribution in [2.45, 2.75) is 25.5 Å². The van der Waals surface area contributed by atoms with Gasteiger partial charge in [-0.05, 0) is 51.5 Å². The molecule has 22 heavy (non-hydrogen) atoms. The summed E-state index contributed by atoms with van der Waals surface area (Å²) in [6.07, 6.45) is 1.02. The molecule has 1 aliphatic rings. The number of nitrogens with one attached hydrogen (secondary N) is 1. The monoisotopic (exact) mass is 363 g/mol. The molecule has 0 bridgehead atoms. The third-order valence-corrected chi connectivity index (χ3v) is 4.65. The molecule has 114 valence electrons. The molecule has 1 unspecified atom stereocenters. The van der Waals surface area contributed by atoms with Crippen LogP contribution in [-0.4, -0.2) is 6.09 Å². The Balaban J connectivity index is 1.61. The summed E-state index contributed by atoms with van der Waals surface area (Å²) in [5.41, 5.74) is 2.81. The first-order valence-electron chi connectivity index (χ1n) is 7.09. The Morgan fingerprint density at radius 2 is 2.05 bits per heavy atom. The Bertz CT molecular complexity index is 691. The largest absolute Gasteiger partial charge is 0.445 e. The van der Waals surface area contributed by atoms with Crippen LogP contribution in [0.5, 0.6) is 0 Å². The van der Waals surface area contributed by atoms with Crippen molar-refractivity contribution in [1.82, 2.24) is 5.32 Å². The molecule has 1 atom stereocenters. The van der Waals surface area contributed by atoms with Crippen molar-refractivity contribution in [3.05, 3.63) is 69.4 Å². The molecule has 0 fully saturated rings. The molecule has 1 amide bonds. The molecule has 1 N–H and O–H groups in total. The van der Waals surface area contributed by atoms with Gasteiger partial charge in [-0.2, -0.15) is 0 Å². The lowest BCUT2D eigenvalue weighted by atomic mass is 10.1. The predicted octanol–water partition coefficient (Wildman–Crippen LogP) is 4.50. The second kappa shape index (κ2) is 6.48. The topological polar surface area (TPSA) is 38.3 Å². The number of hydrogen-bond acceptors (Lipinski definition) is 2. The maximum atomic E-state index is 13.5. The van der Waals surface area contributed by atoms with Gasteiger partial charge in [0.2, 0.25) is 0 Å². The van der Waals surface area contributed by atoms with Crippen LogP contribution < -0.4 is 5.32 Å². The summed E-state index contributed by atoms with van der Waals surface area (Å²) >= 11 is 3.27. The van der Waals surface area contributed by atoms with Crippen LogP contribution in [0, 0.1) is 5.82 Å². The summed E-state index contributed by atoms with van der Waals surface area (Å²) < 4.78 is 19.2. The zero-order chi connectivity index (χ0) is 15.5. The highest BCUT2D eigenvalue weighted by Crippen LogP contribution is 2.37. The molecule has 0 saturated carbocycles. The Kier molecular flexibility index (Phi) is 4.43. The van der Waals surface area contributed by atoms with Crippen LogP contribution in [0.4, 0.5) is 9.18 Å². The van der Waals surface area contributed by atoms with Gasteiger partial charge in [0.1, 0.15) is 12.4 Å². The van der Waals surface area contributed by atoms with Crippen molar-refractivity contribution >= 4 is 22.0 Å². The summed E-state index contributed by atoms with van der Waals surface area (Å²) in [6, 6.07) is 12.5. The Morgan fingerprint density at radius 3 is 2.82 bits per heavy atom. The summed E-state index contributed by atoms with van der Waals surface area (Å²) in [7, 11) is 0. The van der Waals surface area contributed by atoms with E-state index in [9.17, 15) is 9.18 Å². The molecule has 0 saturated heterocycles. The van der Waals surface area contributed by atoms with Crippen molar-refractivity contribution in [3.63, 3.8) is 0 Å². The maximum absolute atomic E-state index is 13.5. The molecule has 5 heteroatoms. The summed E-state index contributed by atoms with van der Waals surface area (Å²) in [4.78, 5) is 11.9. The number of carbonyl (C=O) groups excluding carboxylic acids is 1. The standard InChI is InChI=1S/C17H15BrFNO2/c18-16-13-7-9-15(12(13)6-8-14(16)19)20-17(21)22-10-11-4-2-1-3-5-11/h1-6,8,15H,7,9-10H2,(H,20,21). The number of fused-ring (bicyclic) bond motifs is 1. The molecule has 0 aliphatic heterocycles. The highest BCUT2D eigenvalue weighted by molar-refractivity contribution is 9.10. The van der Waals surface area contributed by atoms with Gasteiger partial charge in [-0.15, -0.1) is 0 Å². The fourth-order valence-electron chi connectivity index (χ4n) is 2.69. The van der Waals surface area contributed by atoms with Gasteiger partial charge in [-0.3, -0.25) is 0 Å². The third kappa shape index (κ3) is 3.14. The van der Waals surface area contributed by atoms with Crippen molar-refractivity contribution in [2.24, 2.45) is 0 Å². The molecule has 0 aromatic heterocycles. The Labute approximate surface area is 136 Å². The van der Waals surface area contributed by atoms with Crippen LogP contribution in [0.15, 0.2) is 46.9 Å². The number of ether oxygens (including phenoxy) is 1. The van der Waals surface area contributed by atoms with Gasteiger partial charge in [0.15, 0.2) is 0 Å². The quantitative estimate of drug-likeness (QED) is 0.871. The Hall–Kier alpha value is -1.88. The maximum Gasteiger partial charge on any atom is 0.407 e. The van der Waals surface area contributed by atoms with Crippen LogP contribution in [0.3, 0.4) is 0 Å². The minimum absolute atomic E-state index is 0.129. The second-order valence-corrected chi connectivity index (χ2v) is 6.02. The number of rotatable bonds is 3. The van der Waals surface area contributed by atoms with Crippen LogP contribution in [-0.2, 0) is 17.8 Å². The number of amides is 1. The lowest BCUT2D eigenvalue weighted by Crippen LogP contribution is -2.27. The third-order valence-electron chi connectivity index (χ3n) is 3.80. The lowest BCUT2D eigenvalue weighted by Gasteiger charge is -2.14. The average Bonchev–Trinajstić information content (AvgIpc) is 2.93. The van der Waals surface area contributed by atoms with Crippen LogP contribution in [0.1, 0.15) is 29.2 Å². The predicted molar refractivity (Wildman–Crippen MR) is 84.9 cm³/mol. The smallest absolute Gasteiger partial charge is 0.407 e. The van der Waals surface area contributed by atoms with Gasteiger partial charge in [0.05, 0.1) is 10.5 Å². The van der Waals surface area contributed by atoms with Gasteiger partial charge in [0.25, 0.3) is 0 Å². The van der Waals surface area contributed by atoms with Crippen molar-refractivity contribution in [1.29, 1.82) is 0 Å². The van der Waals surface area contributed by atoms with Crippen LogP contribution in [0.2, 0.25) is 0 Å². The van der Waals surface area contributed by atoms with Gasteiger partial charge in [-0.1, -0.05) is 36.4 Å².